The summed E-state index contributed by atoms with van der Waals surface area (Å²) in [5.74, 6) is -0.155. The lowest BCUT2D eigenvalue weighted by molar-refractivity contribution is 0.1000. The van der Waals surface area contributed by atoms with Gasteiger partial charge in [0.2, 0.25) is 5.91 Å². The molecule has 1 aromatic carbocycles. The average molecular weight is 264 g/mol. The van der Waals surface area contributed by atoms with Crippen molar-refractivity contribution in [2.45, 2.75) is 45.2 Å². The van der Waals surface area contributed by atoms with Crippen molar-refractivity contribution < 1.29 is 9.18 Å². The van der Waals surface area contributed by atoms with Crippen molar-refractivity contribution in [3.8, 4) is 0 Å². The Bertz CT molecular complexity index is 453. The number of nitrogens with one attached hydrogen (secondary N) is 1. The second-order valence-corrected chi connectivity index (χ2v) is 5.51. The van der Waals surface area contributed by atoms with E-state index in [0.717, 1.165) is 18.8 Å². The van der Waals surface area contributed by atoms with Crippen LogP contribution >= 0.6 is 0 Å². The summed E-state index contributed by atoms with van der Waals surface area (Å²) < 4.78 is 13.8. The molecular formula is C15H21FN2O. The maximum absolute atomic E-state index is 13.8. The van der Waals surface area contributed by atoms with Gasteiger partial charge in [0, 0.05) is 23.7 Å². The zero-order valence-electron chi connectivity index (χ0n) is 11.3. The van der Waals surface area contributed by atoms with Crippen LogP contribution in [-0.2, 0) is 6.54 Å². The summed E-state index contributed by atoms with van der Waals surface area (Å²) in [6.45, 7) is 2.78. The van der Waals surface area contributed by atoms with E-state index in [2.05, 4.69) is 12.2 Å². The highest BCUT2D eigenvalue weighted by molar-refractivity contribution is 5.92. The molecule has 1 amide bonds. The van der Waals surface area contributed by atoms with E-state index in [4.69, 9.17) is 5.73 Å². The van der Waals surface area contributed by atoms with Gasteiger partial charge in [0.25, 0.3) is 0 Å². The van der Waals surface area contributed by atoms with Crippen LogP contribution in [0.1, 0.15) is 48.5 Å². The molecule has 19 heavy (non-hydrogen) atoms. The summed E-state index contributed by atoms with van der Waals surface area (Å²) in [7, 11) is 0. The lowest BCUT2D eigenvalue weighted by Gasteiger charge is -2.27. The average Bonchev–Trinajstić information content (AvgIpc) is 2.39. The van der Waals surface area contributed by atoms with Crippen LogP contribution in [0, 0.1) is 11.7 Å². The number of carbonyl (C=O) groups excluding carboxylic acids is 1. The maximum atomic E-state index is 13.8. The molecular weight excluding hydrogens is 243 g/mol. The molecule has 0 aromatic heterocycles. The first-order valence-corrected chi connectivity index (χ1v) is 6.88. The fraction of sp³-hybridized carbons (Fsp3) is 0.533. The van der Waals surface area contributed by atoms with Crippen LogP contribution < -0.4 is 11.1 Å². The van der Waals surface area contributed by atoms with Crippen molar-refractivity contribution in [3.05, 3.63) is 35.1 Å². The van der Waals surface area contributed by atoms with E-state index in [-0.39, 0.29) is 11.4 Å². The molecule has 0 aliphatic heterocycles. The molecule has 0 heterocycles. The van der Waals surface area contributed by atoms with Crippen molar-refractivity contribution >= 4 is 5.91 Å². The standard InChI is InChI=1S/C15H21FN2O/c1-10-2-6-13(7-3-10)18-9-12-5-4-11(15(17)19)8-14(12)16/h4-5,8,10,13,18H,2-3,6-7,9H2,1H3,(H2,17,19). The van der Waals surface area contributed by atoms with E-state index < -0.39 is 5.91 Å². The van der Waals surface area contributed by atoms with E-state index in [1.165, 1.54) is 18.9 Å². The maximum Gasteiger partial charge on any atom is 0.248 e. The lowest BCUT2D eigenvalue weighted by atomic mass is 9.87. The number of hydrogen-bond donors (Lipinski definition) is 2. The molecule has 1 saturated carbocycles. The van der Waals surface area contributed by atoms with Crippen molar-refractivity contribution in [1.29, 1.82) is 0 Å². The molecule has 0 atom stereocenters. The number of amides is 1. The number of halogens is 1. The van der Waals surface area contributed by atoms with Crippen LogP contribution in [0.2, 0.25) is 0 Å². The zero-order chi connectivity index (χ0) is 13.8. The van der Waals surface area contributed by atoms with Gasteiger partial charge in [-0.05, 0) is 43.7 Å². The Kier molecular flexibility index (Phi) is 4.53. The van der Waals surface area contributed by atoms with Gasteiger partial charge in [-0.1, -0.05) is 13.0 Å². The van der Waals surface area contributed by atoms with Gasteiger partial charge in [-0.25, -0.2) is 4.39 Å². The number of rotatable bonds is 4. The van der Waals surface area contributed by atoms with Gasteiger partial charge in [0.1, 0.15) is 5.82 Å². The Hall–Kier alpha value is -1.42. The number of nitrogens with two attached hydrogens (primary N) is 1. The van der Waals surface area contributed by atoms with E-state index in [1.54, 1.807) is 12.1 Å². The molecule has 2 rings (SSSR count). The van der Waals surface area contributed by atoms with Crippen LogP contribution in [0.3, 0.4) is 0 Å². The molecule has 1 aliphatic carbocycles. The predicted molar refractivity (Wildman–Crippen MR) is 73.2 cm³/mol. The van der Waals surface area contributed by atoms with E-state index in [9.17, 15) is 9.18 Å². The highest BCUT2D eigenvalue weighted by Crippen LogP contribution is 2.23. The van der Waals surface area contributed by atoms with Crippen molar-refractivity contribution in [2.24, 2.45) is 11.7 Å². The Balaban J connectivity index is 1.91. The van der Waals surface area contributed by atoms with Crippen LogP contribution in [-0.4, -0.2) is 11.9 Å². The molecule has 104 valence electrons. The smallest absolute Gasteiger partial charge is 0.248 e. The minimum atomic E-state index is -0.598. The number of benzene rings is 1. The van der Waals surface area contributed by atoms with Gasteiger partial charge in [0.05, 0.1) is 0 Å². The topological polar surface area (TPSA) is 55.1 Å². The highest BCUT2D eigenvalue weighted by atomic mass is 19.1. The van der Waals surface area contributed by atoms with Crippen LogP contribution in [0.5, 0.6) is 0 Å². The Morgan fingerprint density at radius 1 is 1.37 bits per heavy atom. The summed E-state index contributed by atoms with van der Waals surface area (Å²) in [6, 6.07) is 4.90. The molecule has 0 radical (unpaired) electrons. The van der Waals surface area contributed by atoms with E-state index >= 15 is 0 Å². The second-order valence-electron chi connectivity index (χ2n) is 5.51. The molecule has 0 unspecified atom stereocenters. The summed E-state index contributed by atoms with van der Waals surface area (Å²) in [5, 5.41) is 3.39. The summed E-state index contributed by atoms with van der Waals surface area (Å²) >= 11 is 0. The van der Waals surface area contributed by atoms with Gasteiger partial charge in [-0.15, -0.1) is 0 Å². The molecule has 0 bridgehead atoms. The minimum Gasteiger partial charge on any atom is -0.366 e. The molecule has 0 spiro atoms. The van der Waals surface area contributed by atoms with Crippen LogP contribution in [0.15, 0.2) is 18.2 Å². The quantitative estimate of drug-likeness (QED) is 0.878. The zero-order valence-corrected chi connectivity index (χ0v) is 11.3. The third kappa shape index (κ3) is 3.77. The lowest BCUT2D eigenvalue weighted by Crippen LogP contribution is -2.32. The predicted octanol–water partition coefficient (Wildman–Crippen LogP) is 2.59. The minimum absolute atomic E-state index is 0.216. The normalized spacial score (nSPS) is 23.3. The first kappa shape index (κ1) is 14.0. The molecule has 1 fully saturated rings. The van der Waals surface area contributed by atoms with Crippen molar-refractivity contribution in [2.75, 3.05) is 0 Å². The van der Waals surface area contributed by atoms with Gasteiger partial charge in [-0.2, -0.15) is 0 Å². The molecule has 3 N–H and O–H groups in total. The third-order valence-electron chi connectivity index (χ3n) is 3.93. The summed E-state index contributed by atoms with van der Waals surface area (Å²) in [4.78, 5) is 10.9. The fourth-order valence-electron chi connectivity index (χ4n) is 2.56. The van der Waals surface area contributed by atoms with Gasteiger partial charge in [0.15, 0.2) is 0 Å². The Labute approximate surface area is 113 Å². The monoisotopic (exact) mass is 264 g/mol. The second kappa shape index (κ2) is 6.15. The third-order valence-corrected chi connectivity index (χ3v) is 3.93. The summed E-state index contributed by atoms with van der Waals surface area (Å²) in [5.41, 5.74) is 5.92. The number of primary amides is 1. The fourth-order valence-corrected chi connectivity index (χ4v) is 2.56. The highest BCUT2D eigenvalue weighted by Gasteiger charge is 2.18. The van der Waals surface area contributed by atoms with E-state index in [1.807, 2.05) is 0 Å². The van der Waals surface area contributed by atoms with Gasteiger partial charge < -0.3 is 11.1 Å². The van der Waals surface area contributed by atoms with Crippen molar-refractivity contribution in [1.82, 2.24) is 5.32 Å². The Morgan fingerprint density at radius 3 is 2.63 bits per heavy atom. The van der Waals surface area contributed by atoms with Gasteiger partial charge >= 0.3 is 0 Å². The molecule has 0 saturated heterocycles. The molecule has 1 aliphatic rings. The Morgan fingerprint density at radius 2 is 2.05 bits per heavy atom. The number of carbonyl (C=O) groups is 1. The van der Waals surface area contributed by atoms with Gasteiger partial charge in [-0.3, -0.25) is 4.79 Å². The first-order chi connectivity index (χ1) is 9.06. The molecule has 3 nitrogen and oxygen atoms in total. The largest absolute Gasteiger partial charge is 0.366 e. The SMILES string of the molecule is CC1CCC(NCc2ccc(C(N)=O)cc2F)CC1. The van der Waals surface area contributed by atoms with Crippen LogP contribution in [0.4, 0.5) is 4.39 Å². The first-order valence-electron chi connectivity index (χ1n) is 6.88. The molecule has 4 heteroatoms. The molecule has 1 aromatic rings. The number of hydrogen-bond acceptors (Lipinski definition) is 2. The van der Waals surface area contributed by atoms with Crippen molar-refractivity contribution in [3.63, 3.8) is 0 Å². The van der Waals surface area contributed by atoms with Crippen LogP contribution in [0.25, 0.3) is 0 Å². The van der Waals surface area contributed by atoms with E-state index in [0.29, 0.717) is 18.2 Å². The summed E-state index contributed by atoms with van der Waals surface area (Å²) in [6.07, 6.45) is 4.78.